The van der Waals surface area contributed by atoms with E-state index in [9.17, 15) is 0 Å². The Kier molecular flexibility index (Phi) is 15.4. The SMILES string of the molecule is C[N-]C.C[N-]C.Cc1cc(C)c(-c2ccc(CN3CCC[C@H]3[C@@H]3CCCN3Cc3ccc(-c4c(C)cc(C)cc4C)[n-]3)[n-]2)c(C)c1.[Hf+4]. The van der Waals surface area contributed by atoms with Gasteiger partial charge in [-0.1, -0.05) is 59.7 Å². The molecule has 0 radical (unpaired) electrons. The van der Waals surface area contributed by atoms with Gasteiger partial charge >= 0.3 is 25.8 Å². The van der Waals surface area contributed by atoms with Crippen LogP contribution in [0.5, 0.6) is 0 Å². The number of aryl methyl sites for hydroxylation is 6. The standard InChI is InChI=1S/C36H44N4.2C2H6N.Hf/c1-23-17-25(3)35(26(4)18-23)31-13-11-29(37-31)21-39-15-7-9-33(39)34-10-8-16-40(34)22-30-12-14-32(38-30)36-27(5)19-24(2)20-28(36)6;2*1-3-2;/h11-14,17-20,33-34H,7-10,15-16,21-22H2,1-6H3;2*1-2H3;/q-2;2*-1;+4/t33-,34-;;;/m0.../s1. The van der Waals surface area contributed by atoms with Crippen molar-refractivity contribution in [3.8, 4) is 22.5 Å². The second-order valence-corrected chi connectivity index (χ2v) is 13.4. The zero-order chi connectivity index (χ0) is 33.4. The van der Waals surface area contributed by atoms with E-state index in [1.165, 1.54) is 94.7 Å². The maximum atomic E-state index is 5.13. The van der Waals surface area contributed by atoms with Gasteiger partial charge in [0.25, 0.3) is 0 Å². The summed E-state index contributed by atoms with van der Waals surface area (Å²) >= 11 is 0. The number of rotatable bonds is 7. The summed E-state index contributed by atoms with van der Waals surface area (Å²) in [5.41, 5.74) is 15.2. The Morgan fingerprint density at radius 3 is 1.21 bits per heavy atom. The molecule has 2 fully saturated rings. The third-order valence-electron chi connectivity index (χ3n) is 9.26. The molecule has 2 atom stereocenters. The van der Waals surface area contributed by atoms with Gasteiger partial charge in [-0.25, -0.2) is 0 Å². The molecule has 7 heteroatoms. The molecule has 2 aromatic heterocycles. The van der Waals surface area contributed by atoms with Crippen LogP contribution in [-0.2, 0) is 38.9 Å². The maximum absolute atomic E-state index is 5.13. The van der Waals surface area contributed by atoms with Gasteiger partial charge in [-0.3, -0.25) is 9.80 Å². The Morgan fingerprint density at radius 2 is 0.894 bits per heavy atom. The van der Waals surface area contributed by atoms with Crippen molar-refractivity contribution >= 4 is 0 Å². The molecule has 0 unspecified atom stereocenters. The molecule has 0 amide bonds. The molecule has 6 rings (SSSR count). The zero-order valence-electron chi connectivity index (χ0n) is 30.6. The number of nitrogens with zero attached hydrogens (tertiary/aromatic N) is 6. The summed E-state index contributed by atoms with van der Waals surface area (Å²) in [6, 6.07) is 19.2. The largest absolute Gasteiger partial charge is 4.00 e. The van der Waals surface area contributed by atoms with Gasteiger partial charge in [0.05, 0.1) is 0 Å². The zero-order valence-corrected chi connectivity index (χ0v) is 34.2. The van der Waals surface area contributed by atoms with Crippen LogP contribution in [0.2, 0.25) is 0 Å². The third-order valence-corrected chi connectivity index (χ3v) is 9.26. The van der Waals surface area contributed by atoms with Gasteiger partial charge in [-0.2, -0.15) is 28.2 Å². The van der Waals surface area contributed by atoms with Gasteiger partial charge < -0.3 is 20.6 Å². The van der Waals surface area contributed by atoms with Gasteiger partial charge in [0.1, 0.15) is 0 Å². The van der Waals surface area contributed by atoms with Crippen LogP contribution in [0.25, 0.3) is 33.1 Å². The van der Waals surface area contributed by atoms with E-state index in [1.54, 1.807) is 28.2 Å². The summed E-state index contributed by atoms with van der Waals surface area (Å²) in [6.45, 7) is 17.4. The number of likely N-dealkylation sites (tertiary alicyclic amines) is 2. The summed E-state index contributed by atoms with van der Waals surface area (Å²) < 4.78 is 0. The second kappa shape index (κ2) is 18.5. The molecule has 0 saturated carbocycles. The molecule has 0 N–H and O–H groups in total. The van der Waals surface area contributed by atoms with Crippen LogP contribution < -0.4 is 9.97 Å². The molecule has 250 valence electrons. The van der Waals surface area contributed by atoms with Gasteiger partial charge in [0.2, 0.25) is 0 Å². The minimum Gasteiger partial charge on any atom is -0.668 e. The molecule has 2 aromatic carbocycles. The number of hydrogen-bond donors (Lipinski definition) is 0. The maximum Gasteiger partial charge on any atom is 4.00 e. The number of hydrogen-bond acceptors (Lipinski definition) is 2. The summed E-state index contributed by atoms with van der Waals surface area (Å²) in [4.78, 5) is 15.7. The minimum absolute atomic E-state index is 0. The van der Waals surface area contributed by atoms with E-state index in [1.807, 2.05) is 0 Å². The van der Waals surface area contributed by atoms with Gasteiger partial charge in [0, 0.05) is 25.2 Å². The smallest absolute Gasteiger partial charge is 0.668 e. The minimum atomic E-state index is 0. The van der Waals surface area contributed by atoms with Crippen molar-refractivity contribution in [2.75, 3.05) is 41.3 Å². The Hall–Kier alpha value is -2.29. The summed E-state index contributed by atoms with van der Waals surface area (Å²) in [5, 5.41) is 7.00. The fourth-order valence-electron chi connectivity index (χ4n) is 7.82. The number of benzene rings is 2. The van der Waals surface area contributed by atoms with E-state index in [0.29, 0.717) is 12.1 Å². The molecule has 0 aliphatic carbocycles. The quantitative estimate of drug-likeness (QED) is 0.176. The first kappa shape index (κ1) is 39.2. The Morgan fingerprint density at radius 1 is 0.574 bits per heavy atom. The van der Waals surface area contributed by atoms with Crippen LogP contribution in [0.4, 0.5) is 0 Å². The van der Waals surface area contributed by atoms with E-state index in [4.69, 9.17) is 9.97 Å². The monoisotopic (exact) mass is 800 g/mol. The van der Waals surface area contributed by atoms with Crippen molar-refractivity contribution in [3.05, 3.63) is 104 Å². The van der Waals surface area contributed by atoms with Gasteiger partial charge in [-0.05, 0) is 114 Å². The van der Waals surface area contributed by atoms with E-state index in [-0.39, 0.29) is 25.8 Å². The molecule has 4 aromatic rings. The van der Waals surface area contributed by atoms with E-state index < -0.39 is 0 Å². The van der Waals surface area contributed by atoms with Gasteiger partial charge in [0.15, 0.2) is 0 Å². The molecule has 2 saturated heterocycles. The van der Waals surface area contributed by atoms with Crippen LogP contribution in [0, 0.1) is 41.5 Å². The average molecular weight is 799 g/mol. The Balaban J connectivity index is 0.000000799. The van der Waals surface area contributed by atoms with Crippen molar-refractivity contribution < 1.29 is 25.8 Å². The van der Waals surface area contributed by atoms with Crippen molar-refractivity contribution in [2.45, 2.75) is 92.4 Å². The van der Waals surface area contributed by atoms with Crippen molar-refractivity contribution in [3.63, 3.8) is 0 Å². The van der Waals surface area contributed by atoms with Crippen molar-refractivity contribution in [1.82, 2.24) is 19.8 Å². The molecule has 2 aliphatic heterocycles. The summed E-state index contributed by atoms with van der Waals surface area (Å²) in [5.74, 6) is 0. The fourth-order valence-corrected chi connectivity index (χ4v) is 7.82. The first-order valence-corrected chi connectivity index (χ1v) is 17.0. The molecule has 0 bridgehead atoms. The molecule has 0 spiro atoms. The normalized spacial score (nSPS) is 17.9. The predicted molar refractivity (Wildman–Crippen MR) is 196 cm³/mol. The molecule has 6 nitrogen and oxygen atoms in total. The topological polar surface area (TPSA) is 62.9 Å². The van der Waals surface area contributed by atoms with Crippen LogP contribution in [-0.4, -0.2) is 63.2 Å². The Labute approximate surface area is 304 Å². The average Bonchev–Trinajstić information content (AvgIpc) is 3.78. The Bertz CT molecular complexity index is 1390. The van der Waals surface area contributed by atoms with E-state index in [0.717, 1.165) is 24.5 Å². The first-order valence-electron chi connectivity index (χ1n) is 17.0. The molecule has 2 aliphatic rings. The molecular weight excluding hydrogens is 743 g/mol. The fraction of sp³-hybridized carbons (Fsp3) is 0.500. The van der Waals surface area contributed by atoms with Crippen molar-refractivity contribution in [1.29, 1.82) is 0 Å². The third kappa shape index (κ3) is 9.88. The second-order valence-electron chi connectivity index (χ2n) is 13.4. The van der Waals surface area contributed by atoms with E-state index >= 15 is 0 Å². The van der Waals surface area contributed by atoms with E-state index in [2.05, 4.69) is 111 Å². The first-order chi connectivity index (χ1) is 22.1. The van der Waals surface area contributed by atoms with Crippen molar-refractivity contribution in [2.24, 2.45) is 0 Å². The summed E-state index contributed by atoms with van der Waals surface area (Å²) in [6.07, 6.45) is 5.13. The van der Waals surface area contributed by atoms with Gasteiger partial charge in [-0.15, -0.1) is 22.8 Å². The summed E-state index contributed by atoms with van der Waals surface area (Å²) in [7, 11) is 7.00. The van der Waals surface area contributed by atoms with Crippen LogP contribution in [0.15, 0.2) is 48.5 Å². The van der Waals surface area contributed by atoms with Crippen LogP contribution in [0.3, 0.4) is 0 Å². The molecule has 4 heterocycles. The molecule has 47 heavy (non-hydrogen) atoms. The predicted octanol–water partition coefficient (Wildman–Crippen LogP) is 8.65. The van der Waals surface area contributed by atoms with Crippen LogP contribution in [0.1, 0.15) is 70.5 Å². The number of aromatic nitrogens is 2. The van der Waals surface area contributed by atoms with Crippen LogP contribution >= 0.6 is 0 Å². The molecular formula is C40H56HfN6.